The van der Waals surface area contributed by atoms with E-state index in [0.717, 1.165) is 17.4 Å². The Morgan fingerprint density at radius 1 is 1.17 bits per heavy atom. The van der Waals surface area contributed by atoms with E-state index < -0.39 is 0 Å². The van der Waals surface area contributed by atoms with Crippen molar-refractivity contribution in [2.24, 2.45) is 5.16 Å². The highest BCUT2D eigenvalue weighted by molar-refractivity contribution is 6.35. The molecule has 1 unspecified atom stereocenters. The van der Waals surface area contributed by atoms with E-state index >= 15 is 0 Å². The van der Waals surface area contributed by atoms with Crippen molar-refractivity contribution in [2.45, 2.75) is 19.3 Å². The standard InChI is InChI=1S/C21H21Cl3N2O3/c1-13-4-5-14(10-19(13)24)18(6-7-27)20(25-29-3)12-26(2)21(28)15-8-16(22)11-17(23)9-15/h4-5,7-11,18H,6,12H2,1-3H3/b25-20+. The predicted octanol–water partition coefficient (Wildman–Crippen LogP) is 5.40. The second kappa shape index (κ2) is 10.6. The summed E-state index contributed by atoms with van der Waals surface area (Å²) in [5.74, 6) is -0.672. The molecule has 0 aliphatic heterocycles. The lowest BCUT2D eigenvalue weighted by atomic mass is 9.90. The van der Waals surface area contributed by atoms with Gasteiger partial charge in [0.25, 0.3) is 5.91 Å². The van der Waals surface area contributed by atoms with Crippen molar-refractivity contribution >= 4 is 52.7 Å². The highest BCUT2D eigenvalue weighted by Gasteiger charge is 2.24. The fourth-order valence-electron chi connectivity index (χ4n) is 2.92. The Morgan fingerprint density at radius 3 is 2.38 bits per heavy atom. The van der Waals surface area contributed by atoms with Crippen molar-refractivity contribution < 1.29 is 14.4 Å². The summed E-state index contributed by atoms with van der Waals surface area (Å²) in [6.45, 7) is 2.04. The first kappa shape index (κ1) is 23.2. The summed E-state index contributed by atoms with van der Waals surface area (Å²) in [4.78, 5) is 30.6. The van der Waals surface area contributed by atoms with E-state index in [1.165, 1.54) is 12.0 Å². The number of rotatable bonds is 8. The molecular weight excluding hydrogens is 435 g/mol. The number of hydrogen-bond acceptors (Lipinski definition) is 4. The maximum absolute atomic E-state index is 12.8. The van der Waals surface area contributed by atoms with Crippen LogP contribution in [-0.2, 0) is 9.63 Å². The third kappa shape index (κ3) is 6.20. The Labute approximate surface area is 185 Å². The van der Waals surface area contributed by atoms with Crippen LogP contribution in [0.2, 0.25) is 15.1 Å². The van der Waals surface area contributed by atoms with Gasteiger partial charge in [-0.2, -0.15) is 0 Å². The molecule has 2 aromatic carbocycles. The van der Waals surface area contributed by atoms with E-state index in [-0.39, 0.29) is 24.8 Å². The van der Waals surface area contributed by atoms with Crippen LogP contribution >= 0.6 is 34.8 Å². The fraction of sp³-hybridized carbons (Fsp3) is 0.286. The van der Waals surface area contributed by atoms with Crippen LogP contribution < -0.4 is 0 Å². The van der Waals surface area contributed by atoms with Gasteiger partial charge in [0.1, 0.15) is 13.4 Å². The van der Waals surface area contributed by atoms with Crippen LogP contribution in [0, 0.1) is 6.92 Å². The second-order valence-corrected chi connectivity index (χ2v) is 7.83. The van der Waals surface area contributed by atoms with Gasteiger partial charge in [-0.25, -0.2) is 0 Å². The van der Waals surface area contributed by atoms with Crippen molar-refractivity contribution in [1.82, 2.24) is 4.90 Å². The van der Waals surface area contributed by atoms with E-state index in [1.54, 1.807) is 31.3 Å². The third-order valence-electron chi connectivity index (χ3n) is 4.40. The molecule has 0 aromatic heterocycles. The molecule has 2 rings (SSSR count). The maximum atomic E-state index is 12.8. The lowest BCUT2D eigenvalue weighted by molar-refractivity contribution is -0.107. The lowest BCUT2D eigenvalue weighted by Crippen LogP contribution is -2.35. The molecule has 154 valence electrons. The molecule has 0 N–H and O–H groups in total. The zero-order chi connectivity index (χ0) is 21.6. The number of amides is 1. The van der Waals surface area contributed by atoms with Gasteiger partial charge in [-0.15, -0.1) is 0 Å². The first-order valence-corrected chi connectivity index (χ1v) is 9.91. The van der Waals surface area contributed by atoms with Crippen LogP contribution in [-0.4, -0.2) is 43.5 Å². The van der Waals surface area contributed by atoms with Crippen LogP contribution in [0.1, 0.15) is 33.8 Å². The molecule has 0 fully saturated rings. The molecule has 5 nitrogen and oxygen atoms in total. The molecule has 8 heteroatoms. The van der Waals surface area contributed by atoms with E-state index in [0.29, 0.717) is 26.3 Å². The average Bonchev–Trinajstić information content (AvgIpc) is 2.66. The van der Waals surface area contributed by atoms with Gasteiger partial charge in [0.15, 0.2) is 0 Å². The number of oxime groups is 1. The Bertz CT molecular complexity index is 911. The number of benzene rings is 2. The van der Waals surface area contributed by atoms with Crippen molar-refractivity contribution in [2.75, 3.05) is 20.7 Å². The van der Waals surface area contributed by atoms with E-state index in [2.05, 4.69) is 5.16 Å². The predicted molar refractivity (Wildman–Crippen MR) is 117 cm³/mol. The Morgan fingerprint density at radius 2 is 1.83 bits per heavy atom. The summed E-state index contributed by atoms with van der Waals surface area (Å²) >= 11 is 18.3. The summed E-state index contributed by atoms with van der Waals surface area (Å²) in [5, 5.41) is 5.42. The van der Waals surface area contributed by atoms with Gasteiger partial charge in [0.2, 0.25) is 0 Å². The Balaban J connectivity index is 2.32. The lowest BCUT2D eigenvalue weighted by Gasteiger charge is -2.23. The summed E-state index contributed by atoms with van der Waals surface area (Å²) in [6, 6.07) is 10.2. The molecule has 29 heavy (non-hydrogen) atoms. The van der Waals surface area contributed by atoms with E-state index in [4.69, 9.17) is 39.6 Å². The summed E-state index contributed by atoms with van der Waals surface area (Å²) < 4.78 is 0. The molecule has 1 amide bonds. The number of aldehydes is 1. The molecule has 0 saturated heterocycles. The first-order valence-electron chi connectivity index (χ1n) is 8.78. The number of nitrogens with zero attached hydrogens (tertiary/aromatic N) is 2. The van der Waals surface area contributed by atoms with Gasteiger partial charge in [0.05, 0.1) is 12.3 Å². The summed E-state index contributed by atoms with van der Waals surface area (Å²) in [7, 11) is 3.04. The summed E-state index contributed by atoms with van der Waals surface area (Å²) in [5.41, 5.74) is 2.61. The normalized spacial score (nSPS) is 12.4. The number of carbonyl (C=O) groups excluding carboxylic acids is 2. The fourth-order valence-corrected chi connectivity index (χ4v) is 3.63. The van der Waals surface area contributed by atoms with Crippen LogP contribution in [0.25, 0.3) is 0 Å². The minimum Gasteiger partial charge on any atom is -0.399 e. The van der Waals surface area contributed by atoms with Crippen LogP contribution in [0.15, 0.2) is 41.6 Å². The smallest absolute Gasteiger partial charge is 0.254 e. The molecular formula is C21H21Cl3N2O3. The van der Waals surface area contributed by atoms with Crippen molar-refractivity contribution in [3.8, 4) is 0 Å². The van der Waals surface area contributed by atoms with Crippen LogP contribution in [0.5, 0.6) is 0 Å². The topological polar surface area (TPSA) is 59.0 Å². The van der Waals surface area contributed by atoms with E-state index in [1.807, 2.05) is 19.1 Å². The van der Waals surface area contributed by atoms with Gasteiger partial charge in [0, 0.05) is 40.0 Å². The Hall–Kier alpha value is -2.08. The van der Waals surface area contributed by atoms with Gasteiger partial charge in [-0.05, 0) is 42.3 Å². The molecule has 2 aromatic rings. The molecule has 0 bridgehead atoms. The van der Waals surface area contributed by atoms with Gasteiger partial charge >= 0.3 is 0 Å². The monoisotopic (exact) mass is 454 g/mol. The minimum atomic E-state index is -0.385. The van der Waals surface area contributed by atoms with E-state index in [9.17, 15) is 9.59 Å². The van der Waals surface area contributed by atoms with Gasteiger partial charge in [-0.3, -0.25) is 4.79 Å². The number of aryl methyl sites for hydroxylation is 1. The average molecular weight is 456 g/mol. The number of halogens is 3. The molecule has 0 aliphatic carbocycles. The third-order valence-corrected chi connectivity index (χ3v) is 5.24. The second-order valence-electron chi connectivity index (χ2n) is 6.55. The highest BCUT2D eigenvalue weighted by Crippen LogP contribution is 2.27. The van der Waals surface area contributed by atoms with Crippen molar-refractivity contribution in [3.05, 3.63) is 68.2 Å². The van der Waals surface area contributed by atoms with Gasteiger partial charge in [-0.1, -0.05) is 52.1 Å². The van der Waals surface area contributed by atoms with Crippen molar-refractivity contribution in [1.29, 1.82) is 0 Å². The minimum absolute atomic E-state index is 0.140. The van der Waals surface area contributed by atoms with Crippen LogP contribution in [0.4, 0.5) is 0 Å². The SMILES string of the molecule is CO/N=C(\CN(C)C(=O)c1cc(Cl)cc(Cl)c1)C(CC=O)c1ccc(C)c(Cl)c1. The molecule has 0 heterocycles. The number of hydrogen-bond donors (Lipinski definition) is 0. The first-order chi connectivity index (χ1) is 13.8. The molecule has 0 saturated carbocycles. The molecule has 0 spiro atoms. The zero-order valence-corrected chi connectivity index (χ0v) is 18.6. The van der Waals surface area contributed by atoms with Gasteiger partial charge < -0.3 is 14.5 Å². The van der Waals surface area contributed by atoms with Crippen LogP contribution in [0.3, 0.4) is 0 Å². The highest BCUT2D eigenvalue weighted by atomic mass is 35.5. The van der Waals surface area contributed by atoms with Crippen molar-refractivity contribution in [3.63, 3.8) is 0 Å². The molecule has 1 atom stereocenters. The number of carbonyl (C=O) groups is 2. The zero-order valence-electron chi connectivity index (χ0n) is 16.3. The quantitative estimate of drug-likeness (QED) is 0.304. The molecule has 0 aliphatic rings. The maximum Gasteiger partial charge on any atom is 0.254 e. The largest absolute Gasteiger partial charge is 0.399 e. The summed E-state index contributed by atoms with van der Waals surface area (Å²) in [6.07, 6.45) is 0.981. The molecule has 0 radical (unpaired) electrons. The Kier molecular flexibility index (Phi) is 8.50.